The second-order valence-corrected chi connectivity index (χ2v) is 10.8. The minimum Gasteiger partial charge on any atom is -0.352 e. The highest BCUT2D eigenvalue weighted by atomic mass is 35.5. The lowest BCUT2D eigenvalue weighted by Gasteiger charge is -2.32. The first-order chi connectivity index (χ1) is 18.2. The van der Waals surface area contributed by atoms with Gasteiger partial charge < -0.3 is 10.2 Å². The molecule has 0 unspecified atom stereocenters. The molecule has 0 aliphatic heterocycles. The molecule has 200 valence electrons. The van der Waals surface area contributed by atoms with Crippen LogP contribution in [0.3, 0.4) is 0 Å². The van der Waals surface area contributed by atoms with E-state index in [4.69, 9.17) is 23.2 Å². The molecule has 1 atom stereocenters. The molecule has 0 heterocycles. The number of carbonyl (C=O) groups is 2. The summed E-state index contributed by atoms with van der Waals surface area (Å²) in [7, 11) is 0. The zero-order valence-electron chi connectivity index (χ0n) is 21.1. The van der Waals surface area contributed by atoms with Gasteiger partial charge in [-0.05, 0) is 37.1 Å². The number of hydrogen-bond acceptors (Lipinski definition) is 5. The third kappa shape index (κ3) is 8.48. The number of non-ortho nitro benzene ring substituents is 1. The first kappa shape index (κ1) is 29.5. The summed E-state index contributed by atoms with van der Waals surface area (Å²) in [5.74, 6) is 0.0686. The number of hydrogen-bond donors (Lipinski definition) is 1. The van der Waals surface area contributed by atoms with Crippen LogP contribution in [0.1, 0.15) is 30.5 Å². The lowest BCUT2D eigenvalue weighted by Crippen LogP contribution is -2.52. The molecule has 0 aromatic heterocycles. The summed E-state index contributed by atoms with van der Waals surface area (Å²) in [6.07, 6.45) is 0.320. The van der Waals surface area contributed by atoms with Gasteiger partial charge in [-0.1, -0.05) is 71.7 Å². The van der Waals surface area contributed by atoms with Gasteiger partial charge >= 0.3 is 0 Å². The molecule has 0 saturated carbocycles. The van der Waals surface area contributed by atoms with E-state index < -0.39 is 11.0 Å². The van der Waals surface area contributed by atoms with Gasteiger partial charge in [-0.2, -0.15) is 0 Å². The van der Waals surface area contributed by atoms with Crippen molar-refractivity contribution < 1.29 is 14.5 Å². The Morgan fingerprint density at radius 1 is 0.947 bits per heavy atom. The van der Waals surface area contributed by atoms with Crippen LogP contribution in [-0.4, -0.2) is 39.5 Å². The van der Waals surface area contributed by atoms with E-state index >= 15 is 0 Å². The van der Waals surface area contributed by atoms with E-state index in [0.717, 1.165) is 11.1 Å². The quantitative estimate of drug-likeness (QED) is 0.203. The number of nitro groups is 1. The van der Waals surface area contributed by atoms with Crippen LogP contribution in [-0.2, 0) is 28.3 Å². The summed E-state index contributed by atoms with van der Waals surface area (Å²) in [6, 6.07) is 20.0. The molecule has 0 spiro atoms. The Bertz CT molecular complexity index is 1240. The molecule has 38 heavy (non-hydrogen) atoms. The van der Waals surface area contributed by atoms with E-state index in [9.17, 15) is 19.7 Å². The topological polar surface area (TPSA) is 92.6 Å². The normalized spacial score (nSPS) is 11.7. The summed E-state index contributed by atoms with van der Waals surface area (Å²) in [5.41, 5.74) is 2.35. The lowest BCUT2D eigenvalue weighted by molar-refractivity contribution is -0.384. The molecule has 1 N–H and O–H groups in total. The first-order valence-corrected chi connectivity index (χ1v) is 13.9. The van der Waals surface area contributed by atoms with Crippen molar-refractivity contribution in [3.05, 3.63) is 110 Å². The molecule has 0 bridgehead atoms. The summed E-state index contributed by atoms with van der Waals surface area (Å²) in [6.45, 7) is 3.81. The SMILES string of the molecule is CC(C)NC(=O)[C@H](Cc1ccccc1)N(Cc1c(Cl)cccc1Cl)C(=O)CSCc1ccc([N+](=O)[O-])cc1. The average molecular weight is 575 g/mol. The van der Waals surface area contributed by atoms with Crippen molar-refractivity contribution in [3.63, 3.8) is 0 Å². The Hall–Kier alpha value is -3.07. The average Bonchev–Trinajstić information content (AvgIpc) is 2.88. The van der Waals surface area contributed by atoms with Crippen molar-refractivity contribution in [3.8, 4) is 0 Å². The standard InChI is InChI=1S/C28H29Cl2N3O4S/c1-19(2)31-28(35)26(15-20-7-4-3-5-8-20)32(16-23-24(29)9-6-10-25(23)30)27(34)18-38-17-21-11-13-22(14-12-21)33(36)37/h3-14,19,26H,15-18H2,1-2H3,(H,31,35)/t26-/m0/s1. The third-order valence-electron chi connectivity index (χ3n) is 5.73. The van der Waals surface area contributed by atoms with E-state index in [-0.39, 0.29) is 35.8 Å². The second-order valence-electron chi connectivity index (χ2n) is 9.01. The van der Waals surface area contributed by atoms with Crippen molar-refractivity contribution >= 4 is 52.5 Å². The van der Waals surface area contributed by atoms with Gasteiger partial charge in [0.1, 0.15) is 6.04 Å². The smallest absolute Gasteiger partial charge is 0.269 e. The van der Waals surface area contributed by atoms with E-state index in [1.54, 1.807) is 35.2 Å². The van der Waals surface area contributed by atoms with Crippen LogP contribution in [0.25, 0.3) is 0 Å². The third-order valence-corrected chi connectivity index (χ3v) is 7.43. The number of thioether (sulfide) groups is 1. The Morgan fingerprint density at radius 2 is 1.58 bits per heavy atom. The molecule has 7 nitrogen and oxygen atoms in total. The number of nitrogens with one attached hydrogen (secondary N) is 1. The van der Waals surface area contributed by atoms with E-state index in [0.29, 0.717) is 27.8 Å². The summed E-state index contributed by atoms with van der Waals surface area (Å²) in [5, 5.41) is 14.7. The highest BCUT2D eigenvalue weighted by Crippen LogP contribution is 2.28. The van der Waals surface area contributed by atoms with Crippen molar-refractivity contribution in [1.82, 2.24) is 10.2 Å². The summed E-state index contributed by atoms with van der Waals surface area (Å²) in [4.78, 5) is 39.1. The minimum atomic E-state index is -0.792. The van der Waals surface area contributed by atoms with Crippen LogP contribution in [0.15, 0.2) is 72.8 Å². The molecule has 0 radical (unpaired) electrons. The predicted molar refractivity (Wildman–Crippen MR) is 153 cm³/mol. The fraction of sp³-hybridized carbons (Fsp3) is 0.286. The number of nitrogens with zero attached hydrogens (tertiary/aromatic N) is 2. The molecule has 3 aromatic rings. The summed E-state index contributed by atoms with van der Waals surface area (Å²) >= 11 is 14.3. The van der Waals surface area contributed by atoms with Crippen molar-refractivity contribution in [2.75, 3.05) is 5.75 Å². The largest absolute Gasteiger partial charge is 0.352 e. The monoisotopic (exact) mass is 573 g/mol. The highest BCUT2D eigenvalue weighted by molar-refractivity contribution is 7.99. The van der Waals surface area contributed by atoms with E-state index in [1.807, 2.05) is 44.2 Å². The maximum absolute atomic E-state index is 13.7. The molecule has 0 saturated heterocycles. The van der Waals surface area contributed by atoms with Crippen LogP contribution in [0.4, 0.5) is 5.69 Å². The second kappa shape index (κ2) is 14.2. The van der Waals surface area contributed by atoms with Gasteiger partial charge in [-0.15, -0.1) is 11.8 Å². The van der Waals surface area contributed by atoms with Gasteiger partial charge in [0.25, 0.3) is 5.69 Å². The maximum Gasteiger partial charge on any atom is 0.269 e. The Balaban J connectivity index is 1.86. The molecule has 3 rings (SSSR count). The Labute approximate surface area is 236 Å². The maximum atomic E-state index is 13.7. The van der Waals surface area contributed by atoms with Gasteiger partial charge in [0.15, 0.2) is 0 Å². The van der Waals surface area contributed by atoms with E-state index in [2.05, 4.69) is 5.32 Å². The predicted octanol–water partition coefficient (Wildman–Crippen LogP) is 6.30. The van der Waals surface area contributed by atoms with Gasteiger partial charge in [0.2, 0.25) is 11.8 Å². The van der Waals surface area contributed by atoms with Crippen LogP contribution < -0.4 is 5.32 Å². The fourth-order valence-electron chi connectivity index (χ4n) is 3.84. The van der Waals surface area contributed by atoms with Crippen LogP contribution >= 0.6 is 35.0 Å². The molecular formula is C28H29Cl2N3O4S. The van der Waals surface area contributed by atoms with Gasteiger partial charge in [-0.25, -0.2) is 0 Å². The van der Waals surface area contributed by atoms with Crippen LogP contribution in [0.2, 0.25) is 10.0 Å². The summed E-state index contributed by atoms with van der Waals surface area (Å²) < 4.78 is 0. The number of rotatable bonds is 12. The molecule has 2 amide bonds. The lowest BCUT2D eigenvalue weighted by atomic mass is 10.0. The molecule has 0 aliphatic carbocycles. The van der Waals surface area contributed by atoms with Crippen molar-refractivity contribution in [2.24, 2.45) is 0 Å². The zero-order valence-corrected chi connectivity index (χ0v) is 23.4. The number of halogens is 2. The fourth-order valence-corrected chi connectivity index (χ4v) is 5.23. The Kier molecular flexibility index (Phi) is 11.0. The van der Waals surface area contributed by atoms with Crippen LogP contribution in [0, 0.1) is 10.1 Å². The number of benzene rings is 3. The number of amides is 2. The van der Waals surface area contributed by atoms with Crippen molar-refractivity contribution in [2.45, 2.75) is 44.6 Å². The molecule has 0 aliphatic rings. The van der Waals surface area contributed by atoms with Gasteiger partial charge in [0.05, 0.1) is 10.7 Å². The zero-order chi connectivity index (χ0) is 27.7. The molecule has 10 heteroatoms. The highest BCUT2D eigenvalue weighted by Gasteiger charge is 2.31. The first-order valence-electron chi connectivity index (χ1n) is 12.0. The molecular weight excluding hydrogens is 545 g/mol. The minimum absolute atomic E-state index is 0.0116. The van der Waals surface area contributed by atoms with Crippen molar-refractivity contribution in [1.29, 1.82) is 0 Å². The van der Waals surface area contributed by atoms with Gasteiger partial charge in [0, 0.05) is 52.5 Å². The van der Waals surface area contributed by atoms with Crippen LogP contribution in [0.5, 0.6) is 0 Å². The van der Waals surface area contributed by atoms with Gasteiger partial charge in [-0.3, -0.25) is 19.7 Å². The number of carbonyl (C=O) groups excluding carboxylic acids is 2. The molecule has 3 aromatic carbocycles. The number of nitro benzene ring substituents is 1. The van der Waals surface area contributed by atoms with E-state index in [1.165, 1.54) is 23.9 Å². The Morgan fingerprint density at radius 3 is 2.16 bits per heavy atom. The molecule has 0 fully saturated rings.